The van der Waals surface area contributed by atoms with Gasteiger partial charge in [0.05, 0.1) is 5.69 Å². The van der Waals surface area contributed by atoms with Gasteiger partial charge < -0.3 is 10.2 Å². The number of amides is 1. The van der Waals surface area contributed by atoms with Crippen molar-refractivity contribution in [2.45, 2.75) is 89.9 Å². The van der Waals surface area contributed by atoms with Crippen LogP contribution >= 0.6 is 0 Å². The summed E-state index contributed by atoms with van der Waals surface area (Å²) in [5.74, 6) is 0.784. The number of rotatable bonds is 2. The summed E-state index contributed by atoms with van der Waals surface area (Å²) in [4.78, 5) is 14.8. The minimum absolute atomic E-state index is 0.00836. The minimum Gasteiger partial charge on any atom is -0.367 e. The van der Waals surface area contributed by atoms with E-state index < -0.39 is 12.2 Å². The number of aromatic nitrogens is 2. The van der Waals surface area contributed by atoms with Crippen LogP contribution in [0.3, 0.4) is 0 Å². The molecule has 0 bridgehead atoms. The van der Waals surface area contributed by atoms with Crippen molar-refractivity contribution in [3.63, 3.8) is 0 Å². The maximum atomic E-state index is 13.8. The Morgan fingerprint density at radius 3 is 2.47 bits per heavy atom. The minimum atomic E-state index is -4.35. The van der Waals surface area contributed by atoms with Crippen molar-refractivity contribution in [2.24, 2.45) is 11.3 Å². The van der Waals surface area contributed by atoms with Gasteiger partial charge in [-0.3, -0.25) is 4.79 Å². The zero-order chi connectivity index (χ0) is 21.7. The summed E-state index contributed by atoms with van der Waals surface area (Å²) in [6.45, 7) is 7.18. The molecule has 2 fully saturated rings. The van der Waals surface area contributed by atoms with E-state index in [1.54, 1.807) is 6.07 Å². The largest absolute Gasteiger partial charge is 0.410 e. The van der Waals surface area contributed by atoms with Crippen LogP contribution in [0.25, 0.3) is 0 Å². The van der Waals surface area contributed by atoms with Crippen LogP contribution in [0.4, 0.5) is 19.0 Å². The van der Waals surface area contributed by atoms with Gasteiger partial charge in [0.2, 0.25) is 5.91 Å². The number of fused-ring (bicyclic) bond motifs is 1. The van der Waals surface area contributed by atoms with Gasteiger partial charge in [-0.25, -0.2) is 4.68 Å². The van der Waals surface area contributed by atoms with E-state index in [0.717, 1.165) is 49.8 Å². The molecule has 1 amide bonds. The molecule has 3 aliphatic rings. The molecule has 2 aliphatic heterocycles. The third-order valence-electron chi connectivity index (χ3n) is 7.11. The van der Waals surface area contributed by atoms with Gasteiger partial charge in [0.15, 0.2) is 6.04 Å². The smallest absolute Gasteiger partial charge is 0.367 e. The lowest BCUT2D eigenvalue weighted by atomic mass is 9.82. The standard InChI is InChI=1S/C22H33F3N4O/c1-21(2,3)17-12-18(22(23,24)25)29-19(26-17)11-16(27-29)15-9-6-10-28(13-15)20(30)14-7-4-5-8-14/h11,14-15,17-18,26H,4-10,12-13H2,1-3H3/t15-,17-,18+/m1/s1. The van der Waals surface area contributed by atoms with Crippen molar-refractivity contribution >= 4 is 11.7 Å². The lowest BCUT2D eigenvalue weighted by Crippen LogP contribution is -2.44. The highest BCUT2D eigenvalue weighted by Crippen LogP contribution is 2.44. The molecular weight excluding hydrogens is 393 g/mol. The van der Waals surface area contributed by atoms with Crippen molar-refractivity contribution in [3.8, 4) is 0 Å². The van der Waals surface area contributed by atoms with E-state index in [-0.39, 0.29) is 35.6 Å². The summed E-state index contributed by atoms with van der Waals surface area (Å²) >= 11 is 0. The van der Waals surface area contributed by atoms with E-state index in [2.05, 4.69) is 10.4 Å². The summed E-state index contributed by atoms with van der Waals surface area (Å²) in [6.07, 6.45) is 1.49. The highest BCUT2D eigenvalue weighted by Gasteiger charge is 2.48. The molecule has 5 nitrogen and oxygen atoms in total. The lowest BCUT2D eigenvalue weighted by Gasteiger charge is -2.39. The third kappa shape index (κ3) is 4.19. The fourth-order valence-electron chi connectivity index (χ4n) is 5.21. The second-order valence-corrected chi connectivity index (χ2v) is 10.4. The number of halogens is 3. The van der Waals surface area contributed by atoms with Gasteiger partial charge >= 0.3 is 6.18 Å². The molecule has 1 aromatic rings. The second kappa shape index (κ2) is 7.75. The van der Waals surface area contributed by atoms with Crippen LogP contribution < -0.4 is 5.32 Å². The van der Waals surface area contributed by atoms with E-state index >= 15 is 0 Å². The van der Waals surface area contributed by atoms with Crippen molar-refractivity contribution in [2.75, 3.05) is 18.4 Å². The molecule has 1 saturated carbocycles. The third-order valence-corrected chi connectivity index (χ3v) is 7.11. The number of hydrogen-bond donors (Lipinski definition) is 1. The molecule has 1 N–H and O–H groups in total. The molecule has 30 heavy (non-hydrogen) atoms. The van der Waals surface area contributed by atoms with Crippen LogP contribution in [-0.2, 0) is 4.79 Å². The SMILES string of the molecule is CC(C)(C)[C@H]1C[C@@H](C(F)(F)F)n2nc([C@@H]3CCCN(C(=O)C4CCCC4)C3)cc2N1. The number of piperidine rings is 1. The van der Waals surface area contributed by atoms with Crippen LogP contribution in [0.5, 0.6) is 0 Å². The number of anilines is 1. The topological polar surface area (TPSA) is 50.2 Å². The van der Waals surface area contributed by atoms with Crippen LogP contribution in [0, 0.1) is 11.3 Å². The number of likely N-dealkylation sites (tertiary alicyclic amines) is 1. The van der Waals surface area contributed by atoms with Gasteiger partial charge in [-0.1, -0.05) is 33.6 Å². The molecule has 3 atom stereocenters. The quantitative estimate of drug-likeness (QED) is 0.715. The van der Waals surface area contributed by atoms with E-state index in [9.17, 15) is 18.0 Å². The molecule has 4 rings (SSSR count). The number of carbonyl (C=O) groups is 1. The second-order valence-electron chi connectivity index (χ2n) is 10.4. The Labute approximate surface area is 176 Å². The van der Waals surface area contributed by atoms with Gasteiger partial charge in [-0.05, 0) is 37.5 Å². The maximum Gasteiger partial charge on any atom is 0.410 e. The molecule has 1 saturated heterocycles. The van der Waals surface area contributed by atoms with E-state index in [1.807, 2.05) is 25.7 Å². The predicted molar refractivity (Wildman–Crippen MR) is 109 cm³/mol. The van der Waals surface area contributed by atoms with E-state index in [1.165, 1.54) is 0 Å². The first kappa shape index (κ1) is 21.5. The van der Waals surface area contributed by atoms with Gasteiger partial charge in [0, 0.05) is 37.0 Å². The molecule has 168 valence electrons. The number of nitrogens with zero attached hydrogens (tertiary/aromatic N) is 3. The molecule has 0 spiro atoms. The first-order chi connectivity index (χ1) is 14.0. The van der Waals surface area contributed by atoms with E-state index in [4.69, 9.17) is 0 Å². The van der Waals surface area contributed by atoms with Crippen molar-refractivity contribution < 1.29 is 18.0 Å². The molecular formula is C22H33F3N4O. The van der Waals surface area contributed by atoms with Gasteiger partial charge in [0.25, 0.3) is 0 Å². The van der Waals surface area contributed by atoms with Crippen LogP contribution in [0.15, 0.2) is 6.07 Å². The maximum absolute atomic E-state index is 13.8. The Hall–Kier alpha value is -1.73. The number of carbonyl (C=O) groups excluding carboxylic acids is 1. The molecule has 0 radical (unpaired) electrons. The summed E-state index contributed by atoms with van der Waals surface area (Å²) in [7, 11) is 0. The van der Waals surface area contributed by atoms with Crippen LogP contribution in [0.2, 0.25) is 0 Å². The molecule has 0 aromatic carbocycles. The Morgan fingerprint density at radius 2 is 1.83 bits per heavy atom. The van der Waals surface area contributed by atoms with Gasteiger partial charge in [0.1, 0.15) is 5.82 Å². The molecule has 0 unspecified atom stereocenters. The summed E-state index contributed by atoms with van der Waals surface area (Å²) in [6, 6.07) is -0.121. The van der Waals surface area contributed by atoms with Crippen LogP contribution in [-0.4, -0.2) is 45.9 Å². The Kier molecular flexibility index (Phi) is 5.56. The zero-order valence-corrected chi connectivity index (χ0v) is 18.1. The van der Waals surface area contributed by atoms with Crippen LogP contribution in [0.1, 0.15) is 83.4 Å². The Morgan fingerprint density at radius 1 is 1.13 bits per heavy atom. The highest BCUT2D eigenvalue weighted by atomic mass is 19.4. The summed E-state index contributed by atoms with van der Waals surface area (Å²) in [5.41, 5.74) is 0.374. The van der Waals surface area contributed by atoms with Crippen molar-refractivity contribution in [3.05, 3.63) is 11.8 Å². The fourth-order valence-corrected chi connectivity index (χ4v) is 5.21. The van der Waals surface area contributed by atoms with Gasteiger partial charge in [-0.2, -0.15) is 18.3 Å². The Balaban J connectivity index is 1.56. The monoisotopic (exact) mass is 426 g/mol. The summed E-state index contributed by atoms with van der Waals surface area (Å²) in [5, 5.41) is 7.72. The van der Waals surface area contributed by atoms with Gasteiger partial charge in [-0.15, -0.1) is 0 Å². The highest BCUT2D eigenvalue weighted by molar-refractivity contribution is 5.79. The fraction of sp³-hybridized carbons (Fsp3) is 0.818. The number of alkyl halides is 3. The lowest BCUT2D eigenvalue weighted by molar-refractivity contribution is -0.175. The normalized spacial score (nSPS) is 28.3. The van der Waals surface area contributed by atoms with Crippen molar-refractivity contribution in [1.82, 2.24) is 14.7 Å². The Bertz CT molecular complexity index is 776. The molecule has 3 heterocycles. The molecule has 8 heteroatoms. The van der Waals surface area contributed by atoms with E-state index in [0.29, 0.717) is 18.1 Å². The van der Waals surface area contributed by atoms with Crippen molar-refractivity contribution in [1.29, 1.82) is 0 Å². The zero-order valence-electron chi connectivity index (χ0n) is 18.1. The number of nitrogens with one attached hydrogen (secondary N) is 1. The first-order valence-electron chi connectivity index (χ1n) is 11.3. The average molecular weight is 427 g/mol. The summed E-state index contributed by atoms with van der Waals surface area (Å²) < 4.78 is 42.6. The number of hydrogen-bond acceptors (Lipinski definition) is 3. The predicted octanol–water partition coefficient (Wildman–Crippen LogP) is 5.11. The molecule has 1 aromatic heterocycles. The average Bonchev–Trinajstić information content (AvgIpc) is 3.34. The first-order valence-corrected chi connectivity index (χ1v) is 11.3. The molecule has 1 aliphatic carbocycles.